The molecule has 4 rings (SSSR count). The second kappa shape index (κ2) is 8.16. The molecule has 1 aromatic heterocycles. The van der Waals surface area contributed by atoms with Crippen molar-refractivity contribution in [2.45, 2.75) is 31.7 Å². The number of para-hydroxylation sites is 1. The predicted octanol–water partition coefficient (Wildman–Crippen LogP) is 3.61. The Morgan fingerprint density at radius 3 is 2.89 bits per heavy atom. The summed E-state index contributed by atoms with van der Waals surface area (Å²) >= 11 is 0. The molecule has 7 nitrogen and oxygen atoms in total. The van der Waals surface area contributed by atoms with Crippen LogP contribution in [0.4, 0.5) is 10.1 Å². The SMILES string of the molecule is O=C(CCCOc1ccccc1F)Nc1cccc(-c2nnnn2C2CC2)c1. The summed E-state index contributed by atoms with van der Waals surface area (Å²) in [6.45, 7) is 0.268. The monoisotopic (exact) mass is 381 g/mol. The minimum Gasteiger partial charge on any atom is -0.491 e. The van der Waals surface area contributed by atoms with Gasteiger partial charge < -0.3 is 10.1 Å². The van der Waals surface area contributed by atoms with E-state index in [4.69, 9.17) is 4.74 Å². The lowest BCUT2D eigenvalue weighted by Gasteiger charge is -2.09. The zero-order valence-corrected chi connectivity index (χ0v) is 15.2. The van der Waals surface area contributed by atoms with E-state index in [-0.39, 0.29) is 24.7 Å². The number of anilines is 1. The molecular weight excluding hydrogens is 361 g/mol. The molecule has 2 aromatic carbocycles. The van der Waals surface area contributed by atoms with Crippen molar-refractivity contribution < 1.29 is 13.9 Å². The molecule has 0 spiro atoms. The Labute approximate surface area is 161 Å². The van der Waals surface area contributed by atoms with Crippen LogP contribution in [0.25, 0.3) is 11.4 Å². The van der Waals surface area contributed by atoms with E-state index in [2.05, 4.69) is 20.8 Å². The number of rotatable bonds is 8. The van der Waals surface area contributed by atoms with Crippen molar-refractivity contribution in [3.63, 3.8) is 0 Å². The van der Waals surface area contributed by atoms with Gasteiger partial charge in [-0.3, -0.25) is 4.79 Å². The largest absolute Gasteiger partial charge is 0.491 e. The number of hydrogen-bond donors (Lipinski definition) is 1. The number of carbonyl (C=O) groups is 1. The summed E-state index contributed by atoms with van der Waals surface area (Å²) < 4.78 is 20.7. The minimum atomic E-state index is -0.405. The average molecular weight is 381 g/mol. The van der Waals surface area contributed by atoms with Gasteiger partial charge in [0.15, 0.2) is 17.4 Å². The van der Waals surface area contributed by atoms with Gasteiger partial charge in [-0.05, 0) is 54.0 Å². The fourth-order valence-electron chi connectivity index (χ4n) is 2.88. The molecule has 0 bridgehead atoms. The lowest BCUT2D eigenvalue weighted by Crippen LogP contribution is -2.13. The van der Waals surface area contributed by atoms with Gasteiger partial charge >= 0.3 is 0 Å². The van der Waals surface area contributed by atoms with Gasteiger partial charge in [-0.1, -0.05) is 24.3 Å². The second-order valence-corrected chi connectivity index (χ2v) is 6.69. The molecule has 1 N–H and O–H groups in total. The third kappa shape index (κ3) is 4.33. The molecule has 144 valence electrons. The summed E-state index contributed by atoms with van der Waals surface area (Å²) in [6, 6.07) is 14.1. The summed E-state index contributed by atoms with van der Waals surface area (Å²) in [7, 11) is 0. The van der Waals surface area contributed by atoms with Gasteiger partial charge in [-0.2, -0.15) is 0 Å². The van der Waals surface area contributed by atoms with Crippen LogP contribution in [0.3, 0.4) is 0 Å². The van der Waals surface area contributed by atoms with Crippen LogP contribution in [0, 0.1) is 5.82 Å². The number of hydrogen-bond acceptors (Lipinski definition) is 5. The van der Waals surface area contributed by atoms with Crippen molar-refractivity contribution in [3.8, 4) is 17.1 Å². The van der Waals surface area contributed by atoms with Crippen molar-refractivity contribution in [1.82, 2.24) is 20.2 Å². The first-order valence-electron chi connectivity index (χ1n) is 9.26. The first-order chi connectivity index (χ1) is 13.7. The van der Waals surface area contributed by atoms with E-state index < -0.39 is 5.82 Å². The summed E-state index contributed by atoms with van der Waals surface area (Å²) in [5.74, 6) is 0.370. The van der Waals surface area contributed by atoms with Gasteiger partial charge in [0.25, 0.3) is 0 Å². The van der Waals surface area contributed by atoms with E-state index in [1.54, 1.807) is 18.2 Å². The topological polar surface area (TPSA) is 81.9 Å². The molecule has 1 saturated carbocycles. The number of nitrogens with zero attached hydrogens (tertiary/aromatic N) is 4. The molecule has 1 aliphatic rings. The zero-order chi connectivity index (χ0) is 19.3. The van der Waals surface area contributed by atoms with Crippen LogP contribution >= 0.6 is 0 Å². The van der Waals surface area contributed by atoms with Crippen molar-refractivity contribution in [3.05, 3.63) is 54.3 Å². The van der Waals surface area contributed by atoms with Crippen LogP contribution < -0.4 is 10.1 Å². The summed E-state index contributed by atoms with van der Waals surface area (Å²) in [5.41, 5.74) is 1.54. The smallest absolute Gasteiger partial charge is 0.224 e. The number of nitrogens with one attached hydrogen (secondary N) is 1. The molecule has 0 saturated heterocycles. The highest BCUT2D eigenvalue weighted by atomic mass is 19.1. The number of benzene rings is 2. The van der Waals surface area contributed by atoms with Crippen LogP contribution in [-0.4, -0.2) is 32.7 Å². The fraction of sp³-hybridized carbons (Fsp3) is 0.300. The van der Waals surface area contributed by atoms with Crippen molar-refractivity contribution >= 4 is 11.6 Å². The highest BCUT2D eigenvalue weighted by Gasteiger charge is 2.28. The predicted molar refractivity (Wildman–Crippen MR) is 101 cm³/mol. The maximum Gasteiger partial charge on any atom is 0.224 e. The Morgan fingerprint density at radius 1 is 1.21 bits per heavy atom. The quantitative estimate of drug-likeness (QED) is 0.603. The maximum absolute atomic E-state index is 13.5. The number of halogens is 1. The number of ether oxygens (including phenoxy) is 1. The molecule has 3 aromatic rings. The van der Waals surface area contributed by atoms with E-state index in [1.165, 1.54) is 6.07 Å². The lowest BCUT2D eigenvalue weighted by atomic mass is 10.2. The fourth-order valence-corrected chi connectivity index (χ4v) is 2.88. The van der Waals surface area contributed by atoms with E-state index in [1.807, 2.05) is 28.9 Å². The second-order valence-electron chi connectivity index (χ2n) is 6.69. The molecule has 0 radical (unpaired) electrons. The van der Waals surface area contributed by atoms with Gasteiger partial charge in [-0.25, -0.2) is 9.07 Å². The standard InChI is InChI=1S/C20H20FN5O2/c21-17-7-1-2-8-18(17)28-12-4-9-19(27)22-15-6-3-5-14(13-15)20-23-24-25-26(20)16-10-11-16/h1-3,5-8,13,16H,4,9-12H2,(H,22,27). The first kappa shape index (κ1) is 18.1. The summed E-state index contributed by atoms with van der Waals surface area (Å²) in [5, 5.41) is 14.8. The molecule has 1 heterocycles. The molecule has 1 fully saturated rings. The van der Waals surface area contributed by atoms with Gasteiger partial charge in [0.05, 0.1) is 12.6 Å². The number of tetrazole rings is 1. The molecule has 0 aliphatic heterocycles. The van der Waals surface area contributed by atoms with Crippen molar-refractivity contribution in [2.75, 3.05) is 11.9 Å². The highest BCUT2D eigenvalue weighted by molar-refractivity contribution is 5.91. The number of amides is 1. The number of aromatic nitrogens is 4. The van der Waals surface area contributed by atoms with Crippen molar-refractivity contribution in [2.24, 2.45) is 0 Å². The summed E-state index contributed by atoms with van der Waals surface area (Å²) in [6.07, 6.45) is 2.94. The van der Waals surface area contributed by atoms with Gasteiger partial charge in [0, 0.05) is 17.7 Å². The first-order valence-corrected chi connectivity index (χ1v) is 9.26. The highest BCUT2D eigenvalue weighted by Crippen LogP contribution is 2.36. The van der Waals surface area contributed by atoms with Gasteiger partial charge in [0.2, 0.25) is 5.91 Å². The molecule has 1 amide bonds. The number of carbonyl (C=O) groups excluding carboxylic acids is 1. The average Bonchev–Trinajstić information content (AvgIpc) is 3.43. The third-order valence-electron chi connectivity index (χ3n) is 4.43. The van der Waals surface area contributed by atoms with Crippen LogP contribution in [-0.2, 0) is 4.79 Å². The summed E-state index contributed by atoms with van der Waals surface area (Å²) in [4.78, 5) is 12.2. The third-order valence-corrected chi connectivity index (χ3v) is 4.43. The van der Waals surface area contributed by atoms with E-state index >= 15 is 0 Å². The van der Waals surface area contributed by atoms with E-state index in [9.17, 15) is 9.18 Å². The minimum absolute atomic E-state index is 0.129. The Hall–Kier alpha value is -3.29. The van der Waals surface area contributed by atoms with E-state index in [0.29, 0.717) is 24.0 Å². The molecule has 28 heavy (non-hydrogen) atoms. The zero-order valence-electron chi connectivity index (χ0n) is 15.2. The maximum atomic E-state index is 13.5. The Bertz CT molecular complexity index is 970. The molecule has 0 unspecified atom stereocenters. The molecule has 1 aliphatic carbocycles. The van der Waals surface area contributed by atoms with Gasteiger partial charge in [-0.15, -0.1) is 5.10 Å². The molecule has 0 atom stereocenters. The van der Waals surface area contributed by atoms with Crippen molar-refractivity contribution in [1.29, 1.82) is 0 Å². The Morgan fingerprint density at radius 2 is 2.07 bits per heavy atom. The molecule has 8 heteroatoms. The van der Waals surface area contributed by atoms with Crippen LogP contribution in [0.1, 0.15) is 31.7 Å². The van der Waals surface area contributed by atoms with Crippen LogP contribution in [0.15, 0.2) is 48.5 Å². The Balaban J connectivity index is 1.30. The molecular formula is C20H20FN5O2. The van der Waals surface area contributed by atoms with E-state index in [0.717, 1.165) is 18.4 Å². The normalized spacial score (nSPS) is 13.3. The van der Waals surface area contributed by atoms with Gasteiger partial charge in [0.1, 0.15) is 0 Å². The lowest BCUT2D eigenvalue weighted by molar-refractivity contribution is -0.116. The van der Waals surface area contributed by atoms with Crippen LogP contribution in [0.2, 0.25) is 0 Å². The Kier molecular flexibility index (Phi) is 5.27. The van der Waals surface area contributed by atoms with Crippen LogP contribution in [0.5, 0.6) is 5.75 Å².